The Morgan fingerprint density at radius 1 is 1.16 bits per heavy atom. The minimum atomic E-state index is -1.20. The molecular weight excluding hydrogens is 414 g/mol. The van der Waals surface area contributed by atoms with Gasteiger partial charge in [-0.1, -0.05) is 36.4 Å². The molecule has 2 atom stereocenters. The highest BCUT2D eigenvalue weighted by Gasteiger charge is 2.45. The summed E-state index contributed by atoms with van der Waals surface area (Å²) in [5.41, 5.74) is 0.165. The number of nitrogens with one attached hydrogen (secondary N) is 1. The Labute approximate surface area is 185 Å². The third-order valence-electron chi connectivity index (χ3n) is 6.06. The van der Waals surface area contributed by atoms with Gasteiger partial charge < -0.3 is 10.4 Å². The van der Waals surface area contributed by atoms with Crippen LogP contribution in [0.5, 0.6) is 0 Å². The molecule has 2 N–H and O–H groups in total. The molecule has 0 aliphatic carbocycles. The topological polar surface area (TPSA) is 70.4 Å². The molecule has 0 spiro atoms. The van der Waals surface area contributed by atoms with E-state index in [1.807, 2.05) is 54.2 Å². The highest BCUT2D eigenvalue weighted by atomic mass is 19.2. The van der Waals surface area contributed by atoms with Crippen LogP contribution >= 0.6 is 0 Å². The van der Waals surface area contributed by atoms with Gasteiger partial charge in [0.25, 0.3) is 5.91 Å². The van der Waals surface area contributed by atoms with Gasteiger partial charge in [0.05, 0.1) is 29.4 Å². The zero-order chi connectivity index (χ0) is 22.7. The Balaban J connectivity index is 1.55. The maximum Gasteiger partial charge on any atom is 0.255 e. The zero-order valence-corrected chi connectivity index (χ0v) is 17.8. The van der Waals surface area contributed by atoms with Crippen molar-refractivity contribution in [3.63, 3.8) is 0 Å². The molecule has 1 aliphatic heterocycles. The summed E-state index contributed by atoms with van der Waals surface area (Å²) in [5, 5.41) is 18.4. The third-order valence-corrected chi connectivity index (χ3v) is 6.06. The summed E-state index contributed by atoms with van der Waals surface area (Å²) >= 11 is 0. The highest BCUT2D eigenvalue weighted by molar-refractivity contribution is 5.95. The average Bonchev–Trinajstić information content (AvgIpc) is 3.21. The molecule has 8 heteroatoms. The van der Waals surface area contributed by atoms with Crippen molar-refractivity contribution in [2.45, 2.75) is 31.5 Å². The van der Waals surface area contributed by atoms with Crippen molar-refractivity contribution < 1.29 is 18.7 Å². The van der Waals surface area contributed by atoms with E-state index in [4.69, 9.17) is 0 Å². The first-order valence-corrected chi connectivity index (χ1v) is 10.6. The van der Waals surface area contributed by atoms with Crippen LogP contribution in [0.1, 0.15) is 28.0 Å². The number of aromatic nitrogens is 2. The number of hydrogen-bond donors (Lipinski definition) is 2. The maximum atomic E-state index is 14.2. The quantitative estimate of drug-likeness (QED) is 0.619. The molecule has 0 bridgehead atoms. The molecule has 2 aromatic carbocycles. The van der Waals surface area contributed by atoms with Gasteiger partial charge in [-0.25, -0.2) is 8.78 Å². The number of carbonyl (C=O) groups is 1. The fourth-order valence-electron chi connectivity index (χ4n) is 4.27. The second-order valence-corrected chi connectivity index (χ2v) is 8.18. The molecule has 1 saturated heterocycles. The van der Waals surface area contributed by atoms with Gasteiger partial charge in [-0.3, -0.25) is 14.4 Å². The normalized spacial score (nSPS) is 21.4. The fourth-order valence-corrected chi connectivity index (χ4v) is 4.27. The SMILES string of the molecule is Cc1ccn(CCN2CC[C@](NC(=O)c3cccc(F)c3F)(c3ccccc3)[C@H](O)C2)n1. The van der Waals surface area contributed by atoms with Crippen LogP contribution in [0.25, 0.3) is 0 Å². The van der Waals surface area contributed by atoms with E-state index in [2.05, 4.69) is 15.3 Å². The summed E-state index contributed by atoms with van der Waals surface area (Å²) in [5.74, 6) is -3.05. The van der Waals surface area contributed by atoms with E-state index < -0.39 is 29.2 Å². The summed E-state index contributed by atoms with van der Waals surface area (Å²) in [6.45, 7) is 4.23. The number of carbonyl (C=O) groups excluding carboxylic acids is 1. The molecular formula is C24H26F2N4O2. The van der Waals surface area contributed by atoms with Crippen LogP contribution in [0.3, 0.4) is 0 Å². The first-order valence-electron chi connectivity index (χ1n) is 10.6. The number of rotatable bonds is 6. The van der Waals surface area contributed by atoms with Crippen molar-refractivity contribution >= 4 is 5.91 Å². The first-order chi connectivity index (χ1) is 15.4. The molecule has 3 aromatic rings. The molecule has 0 saturated carbocycles. The van der Waals surface area contributed by atoms with E-state index in [-0.39, 0.29) is 5.56 Å². The van der Waals surface area contributed by atoms with Crippen LogP contribution in [0.2, 0.25) is 0 Å². The van der Waals surface area contributed by atoms with Crippen LogP contribution in [-0.2, 0) is 12.1 Å². The van der Waals surface area contributed by atoms with E-state index in [1.54, 1.807) is 0 Å². The minimum Gasteiger partial charge on any atom is -0.389 e. The number of β-amino-alcohol motifs (C(OH)–C–C–N with tert-alkyl or cyclic N) is 1. The third kappa shape index (κ3) is 4.42. The first kappa shape index (κ1) is 22.1. The highest BCUT2D eigenvalue weighted by Crippen LogP contribution is 2.34. The number of aliphatic hydroxyl groups excluding tert-OH is 1. The monoisotopic (exact) mass is 440 g/mol. The van der Waals surface area contributed by atoms with Gasteiger partial charge in [0.15, 0.2) is 11.6 Å². The molecule has 0 radical (unpaired) electrons. The number of piperidine rings is 1. The Hall–Kier alpha value is -3.10. The van der Waals surface area contributed by atoms with Gasteiger partial charge in [0.1, 0.15) is 0 Å². The van der Waals surface area contributed by atoms with Crippen molar-refractivity contribution in [2.75, 3.05) is 19.6 Å². The summed E-state index contributed by atoms with van der Waals surface area (Å²) in [6, 6.07) is 14.6. The summed E-state index contributed by atoms with van der Waals surface area (Å²) in [7, 11) is 0. The van der Waals surface area contributed by atoms with Gasteiger partial charge in [-0.05, 0) is 37.1 Å². The van der Waals surface area contributed by atoms with Gasteiger partial charge in [-0.15, -0.1) is 0 Å². The van der Waals surface area contributed by atoms with Crippen LogP contribution in [0.4, 0.5) is 8.78 Å². The molecule has 6 nitrogen and oxygen atoms in total. The number of benzene rings is 2. The molecule has 1 aromatic heterocycles. The lowest BCUT2D eigenvalue weighted by Gasteiger charge is -2.46. The van der Waals surface area contributed by atoms with Crippen molar-refractivity contribution in [3.05, 3.63) is 89.2 Å². The van der Waals surface area contributed by atoms with Crippen molar-refractivity contribution in [1.29, 1.82) is 0 Å². The molecule has 0 unspecified atom stereocenters. The molecule has 32 heavy (non-hydrogen) atoms. The number of aliphatic hydroxyl groups is 1. The smallest absolute Gasteiger partial charge is 0.255 e. The molecule has 4 rings (SSSR count). The summed E-state index contributed by atoms with van der Waals surface area (Å²) in [4.78, 5) is 15.1. The average molecular weight is 440 g/mol. The van der Waals surface area contributed by atoms with Gasteiger partial charge in [0, 0.05) is 25.8 Å². The second-order valence-electron chi connectivity index (χ2n) is 8.18. The number of amides is 1. The zero-order valence-electron chi connectivity index (χ0n) is 17.8. The standard InChI is InChI=1S/C24H26F2N4O2/c1-17-10-12-30(28-17)15-14-29-13-11-24(21(31)16-29,18-6-3-2-4-7-18)27-23(32)19-8-5-9-20(25)22(19)26/h2-10,12,21,31H,11,13-16H2,1H3,(H,27,32)/t21-,24+/m1/s1. The number of nitrogens with zero attached hydrogens (tertiary/aromatic N) is 3. The Morgan fingerprint density at radius 2 is 1.94 bits per heavy atom. The number of aryl methyl sites for hydroxylation is 1. The maximum absolute atomic E-state index is 14.2. The van der Waals surface area contributed by atoms with Crippen LogP contribution in [0.15, 0.2) is 60.8 Å². The predicted octanol–water partition coefficient (Wildman–Crippen LogP) is 2.86. The lowest BCUT2D eigenvalue weighted by molar-refractivity contribution is -0.0166. The van der Waals surface area contributed by atoms with E-state index in [0.717, 1.165) is 17.3 Å². The lowest BCUT2D eigenvalue weighted by Crippen LogP contribution is -2.62. The Bertz CT molecular complexity index is 1090. The summed E-state index contributed by atoms with van der Waals surface area (Å²) in [6.07, 6.45) is 1.38. The predicted molar refractivity (Wildman–Crippen MR) is 116 cm³/mol. The second kappa shape index (κ2) is 9.18. The number of hydrogen-bond acceptors (Lipinski definition) is 4. The Kier molecular flexibility index (Phi) is 6.34. The lowest BCUT2D eigenvalue weighted by atomic mass is 9.78. The van der Waals surface area contributed by atoms with Crippen LogP contribution in [0, 0.1) is 18.6 Å². The minimum absolute atomic E-state index is 0.320. The van der Waals surface area contributed by atoms with E-state index >= 15 is 0 Å². The number of likely N-dealkylation sites (tertiary alicyclic amines) is 1. The largest absolute Gasteiger partial charge is 0.389 e. The van der Waals surface area contributed by atoms with Crippen molar-refractivity contribution in [1.82, 2.24) is 20.0 Å². The van der Waals surface area contributed by atoms with Gasteiger partial charge in [0.2, 0.25) is 0 Å². The number of halogens is 2. The van der Waals surface area contributed by atoms with Crippen molar-refractivity contribution in [3.8, 4) is 0 Å². The molecule has 1 aliphatic rings. The fraction of sp³-hybridized carbons (Fsp3) is 0.333. The molecule has 168 valence electrons. The van der Waals surface area contributed by atoms with Gasteiger partial charge in [-0.2, -0.15) is 5.10 Å². The van der Waals surface area contributed by atoms with E-state index in [0.29, 0.717) is 32.6 Å². The van der Waals surface area contributed by atoms with Crippen molar-refractivity contribution in [2.24, 2.45) is 0 Å². The van der Waals surface area contributed by atoms with E-state index in [9.17, 15) is 18.7 Å². The van der Waals surface area contributed by atoms with Gasteiger partial charge >= 0.3 is 0 Å². The Morgan fingerprint density at radius 3 is 2.62 bits per heavy atom. The summed E-state index contributed by atoms with van der Waals surface area (Å²) < 4.78 is 29.8. The van der Waals surface area contributed by atoms with E-state index in [1.165, 1.54) is 12.1 Å². The van der Waals surface area contributed by atoms with Crippen LogP contribution in [-0.4, -0.2) is 51.4 Å². The van der Waals surface area contributed by atoms with Crippen LogP contribution < -0.4 is 5.32 Å². The molecule has 1 fully saturated rings. The molecule has 1 amide bonds. The molecule has 2 heterocycles.